The van der Waals surface area contributed by atoms with Crippen molar-refractivity contribution in [3.63, 3.8) is 0 Å². The number of carbonyl (C=O) groups is 2. The van der Waals surface area contributed by atoms with Gasteiger partial charge < -0.3 is 25.3 Å². The van der Waals surface area contributed by atoms with Crippen LogP contribution in [-0.4, -0.2) is 32.1 Å². The van der Waals surface area contributed by atoms with Crippen molar-refractivity contribution in [2.75, 3.05) is 14.2 Å². The topological polar surface area (TPSA) is 99.9 Å². The Morgan fingerprint density at radius 3 is 2.46 bits per heavy atom. The molecule has 3 N–H and O–H groups in total. The second kappa shape index (κ2) is 8.75. The lowest BCUT2D eigenvalue weighted by Gasteiger charge is -2.17. The van der Waals surface area contributed by atoms with E-state index in [0.717, 1.165) is 5.56 Å². The molecule has 138 valence electrons. The van der Waals surface area contributed by atoms with Crippen LogP contribution in [-0.2, 0) is 11.3 Å². The van der Waals surface area contributed by atoms with Crippen molar-refractivity contribution in [2.45, 2.75) is 19.6 Å². The average Bonchev–Trinajstić information content (AvgIpc) is 2.65. The number of rotatable bonds is 8. The molecule has 0 saturated heterocycles. The summed E-state index contributed by atoms with van der Waals surface area (Å²) in [6.45, 7) is 1.87. The van der Waals surface area contributed by atoms with Crippen molar-refractivity contribution in [3.05, 3.63) is 53.6 Å². The lowest BCUT2D eigenvalue weighted by atomic mass is 10.1. The van der Waals surface area contributed by atoms with Crippen molar-refractivity contribution in [1.29, 1.82) is 0 Å². The Balaban J connectivity index is 2.06. The van der Waals surface area contributed by atoms with Gasteiger partial charge in [0.15, 0.2) is 6.10 Å². The highest BCUT2D eigenvalue weighted by Crippen LogP contribution is 2.25. The van der Waals surface area contributed by atoms with Crippen LogP contribution in [0.5, 0.6) is 17.2 Å². The Morgan fingerprint density at radius 1 is 1.08 bits per heavy atom. The van der Waals surface area contributed by atoms with E-state index in [1.165, 1.54) is 19.2 Å². The highest BCUT2D eigenvalue weighted by atomic mass is 16.5. The minimum Gasteiger partial charge on any atom is -0.497 e. The standard InChI is InChI=1S/C19H22N2O5/c1-12(19(23)21-11-13-6-4-5-7-16(13)25-3)26-17-10-14(24-2)8-9-15(17)18(20)22/h4-10,12H,11H2,1-3H3,(H2,20,22)(H,21,23)/t12-/m0/s1. The number of hydrogen-bond acceptors (Lipinski definition) is 5. The molecule has 0 unspecified atom stereocenters. The fourth-order valence-corrected chi connectivity index (χ4v) is 2.35. The van der Waals surface area contributed by atoms with Gasteiger partial charge in [-0.15, -0.1) is 0 Å². The third kappa shape index (κ3) is 4.66. The lowest BCUT2D eigenvalue weighted by molar-refractivity contribution is -0.127. The van der Waals surface area contributed by atoms with Crippen molar-refractivity contribution in [3.8, 4) is 17.2 Å². The van der Waals surface area contributed by atoms with Gasteiger partial charge in [-0.25, -0.2) is 0 Å². The van der Waals surface area contributed by atoms with Gasteiger partial charge >= 0.3 is 0 Å². The molecule has 2 aromatic carbocycles. The Bertz CT molecular complexity index is 791. The molecule has 2 aromatic rings. The third-order valence-electron chi connectivity index (χ3n) is 3.77. The summed E-state index contributed by atoms with van der Waals surface area (Å²) in [5.41, 5.74) is 6.37. The Morgan fingerprint density at radius 2 is 1.81 bits per heavy atom. The summed E-state index contributed by atoms with van der Waals surface area (Å²) in [5.74, 6) is 0.382. The van der Waals surface area contributed by atoms with Gasteiger partial charge in [-0.05, 0) is 25.1 Å². The number of para-hydroxylation sites is 1. The van der Waals surface area contributed by atoms with E-state index in [-0.39, 0.29) is 23.8 Å². The van der Waals surface area contributed by atoms with Gasteiger partial charge in [0, 0.05) is 18.2 Å². The van der Waals surface area contributed by atoms with Crippen LogP contribution in [0.2, 0.25) is 0 Å². The zero-order valence-corrected chi connectivity index (χ0v) is 14.9. The SMILES string of the molecule is COc1ccc(C(N)=O)c(O[C@@H](C)C(=O)NCc2ccccc2OC)c1. The van der Waals surface area contributed by atoms with Crippen molar-refractivity contribution in [1.82, 2.24) is 5.32 Å². The summed E-state index contributed by atoms with van der Waals surface area (Å²) in [7, 11) is 3.06. The van der Waals surface area contributed by atoms with E-state index in [9.17, 15) is 9.59 Å². The molecular formula is C19H22N2O5. The zero-order chi connectivity index (χ0) is 19.1. The molecule has 7 heteroatoms. The molecule has 0 aromatic heterocycles. The molecule has 0 spiro atoms. The number of primary amides is 1. The number of carbonyl (C=O) groups excluding carboxylic acids is 2. The van der Waals surface area contributed by atoms with Gasteiger partial charge in [0.25, 0.3) is 11.8 Å². The molecule has 0 radical (unpaired) electrons. The predicted molar refractivity (Wildman–Crippen MR) is 96.4 cm³/mol. The molecule has 0 aliphatic heterocycles. The van der Waals surface area contributed by atoms with Gasteiger partial charge in [0.2, 0.25) is 0 Å². The first-order valence-electron chi connectivity index (χ1n) is 8.00. The van der Waals surface area contributed by atoms with Crippen LogP contribution < -0.4 is 25.3 Å². The Kier molecular flexibility index (Phi) is 6.43. The number of methoxy groups -OCH3 is 2. The van der Waals surface area contributed by atoms with Crippen LogP contribution in [0, 0.1) is 0 Å². The van der Waals surface area contributed by atoms with Crippen molar-refractivity contribution < 1.29 is 23.8 Å². The Hall–Kier alpha value is -3.22. The molecule has 26 heavy (non-hydrogen) atoms. The van der Waals surface area contributed by atoms with Crippen LogP contribution in [0.25, 0.3) is 0 Å². The smallest absolute Gasteiger partial charge is 0.261 e. The molecule has 2 amide bonds. The van der Waals surface area contributed by atoms with Crippen LogP contribution in [0.3, 0.4) is 0 Å². The summed E-state index contributed by atoms with van der Waals surface area (Å²) in [5, 5.41) is 2.78. The van der Waals surface area contributed by atoms with Crippen LogP contribution in [0.15, 0.2) is 42.5 Å². The van der Waals surface area contributed by atoms with E-state index in [0.29, 0.717) is 11.5 Å². The van der Waals surface area contributed by atoms with Gasteiger partial charge in [-0.2, -0.15) is 0 Å². The molecule has 1 atom stereocenters. The molecule has 0 saturated carbocycles. The highest BCUT2D eigenvalue weighted by molar-refractivity contribution is 5.96. The van der Waals surface area contributed by atoms with Crippen LogP contribution >= 0.6 is 0 Å². The minimum absolute atomic E-state index is 0.176. The normalized spacial score (nSPS) is 11.3. The molecule has 7 nitrogen and oxygen atoms in total. The number of ether oxygens (including phenoxy) is 3. The first-order chi connectivity index (χ1) is 12.5. The van der Waals surface area contributed by atoms with E-state index in [1.807, 2.05) is 24.3 Å². The van der Waals surface area contributed by atoms with Crippen LogP contribution in [0.1, 0.15) is 22.8 Å². The Labute approximate surface area is 152 Å². The van der Waals surface area contributed by atoms with Gasteiger partial charge in [-0.3, -0.25) is 9.59 Å². The van der Waals surface area contributed by atoms with Gasteiger partial charge in [0.05, 0.1) is 19.8 Å². The zero-order valence-electron chi connectivity index (χ0n) is 14.9. The second-order valence-corrected chi connectivity index (χ2v) is 5.52. The monoisotopic (exact) mass is 358 g/mol. The quantitative estimate of drug-likeness (QED) is 0.751. The fourth-order valence-electron chi connectivity index (χ4n) is 2.35. The summed E-state index contributed by atoms with van der Waals surface area (Å²) in [6.07, 6.45) is -0.838. The molecule has 0 aliphatic carbocycles. The van der Waals surface area contributed by atoms with E-state index < -0.39 is 12.0 Å². The van der Waals surface area contributed by atoms with E-state index >= 15 is 0 Å². The van der Waals surface area contributed by atoms with E-state index in [2.05, 4.69) is 5.32 Å². The maximum Gasteiger partial charge on any atom is 0.261 e. The molecule has 2 rings (SSSR count). The number of hydrogen-bond donors (Lipinski definition) is 2. The summed E-state index contributed by atoms with van der Waals surface area (Å²) in [4.78, 5) is 23.9. The van der Waals surface area contributed by atoms with Crippen molar-refractivity contribution in [2.24, 2.45) is 5.73 Å². The summed E-state index contributed by atoms with van der Waals surface area (Å²) in [6, 6.07) is 12.0. The van der Waals surface area contributed by atoms with Crippen molar-refractivity contribution >= 4 is 11.8 Å². The number of amides is 2. The molecule has 0 heterocycles. The average molecular weight is 358 g/mol. The predicted octanol–water partition coefficient (Wildman–Crippen LogP) is 1.89. The number of nitrogens with two attached hydrogens (primary N) is 1. The van der Waals surface area contributed by atoms with Gasteiger partial charge in [0.1, 0.15) is 17.2 Å². The lowest BCUT2D eigenvalue weighted by Crippen LogP contribution is -2.36. The maximum atomic E-state index is 12.3. The summed E-state index contributed by atoms with van der Waals surface area (Å²) < 4.78 is 16.0. The molecular weight excluding hydrogens is 336 g/mol. The van der Waals surface area contributed by atoms with E-state index in [1.54, 1.807) is 20.1 Å². The van der Waals surface area contributed by atoms with E-state index in [4.69, 9.17) is 19.9 Å². The minimum atomic E-state index is -0.838. The highest BCUT2D eigenvalue weighted by Gasteiger charge is 2.19. The fraction of sp³-hybridized carbons (Fsp3) is 0.263. The third-order valence-corrected chi connectivity index (χ3v) is 3.77. The molecule has 0 bridgehead atoms. The first kappa shape index (κ1) is 19.1. The number of nitrogens with one attached hydrogen (secondary N) is 1. The maximum absolute atomic E-state index is 12.3. The summed E-state index contributed by atoms with van der Waals surface area (Å²) >= 11 is 0. The molecule has 0 aliphatic rings. The van der Waals surface area contributed by atoms with Gasteiger partial charge in [-0.1, -0.05) is 18.2 Å². The number of benzene rings is 2. The second-order valence-electron chi connectivity index (χ2n) is 5.52. The first-order valence-corrected chi connectivity index (χ1v) is 8.00. The molecule has 0 fully saturated rings. The van der Waals surface area contributed by atoms with Crippen LogP contribution in [0.4, 0.5) is 0 Å². The largest absolute Gasteiger partial charge is 0.497 e.